The van der Waals surface area contributed by atoms with Gasteiger partial charge in [-0.2, -0.15) is 0 Å². The smallest absolute Gasteiger partial charge is 0.407 e. The highest BCUT2D eigenvalue weighted by Crippen LogP contribution is 2.21. The first kappa shape index (κ1) is 14.3. The summed E-state index contributed by atoms with van der Waals surface area (Å²) >= 11 is 0. The number of benzene rings is 1. The third-order valence-electron chi connectivity index (χ3n) is 2.57. The fourth-order valence-corrected chi connectivity index (χ4v) is 1.78. The number of rotatable bonds is 2. The van der Waals surface area contributed by atoms with Crippen molar-refractivity contribution in [1.29, 1.82) is 0 Å². The summed E-state index contributed by atoms with van der Waals surface area (Å²) in [7, 11) is 0. The molecule has 0 bridgehead atoms. The van der Waals surface area contributed by atoms with Crippen LogP contribution in [0.15, 0.2) is 24.3 Å². The molecule has 5 nitrogen and oxygen atoms in total. The molecule has 0 unspecified atom stereocenters. The number of alkyl carbamates (subject to hydrolysis) is 1. The summed E-state index contributed by atoms with van der Waals surface area (Å²) in [6.45, 7) is 1.90. The predicted molar refractivity (Wildman–Crippen MR) is 69.8 cm³/mol. The lowest BCUT2D eigenvalue weighted by atomic mass is 10.0. The highest BCUT2D eigenvalue weighted by Gasteiger charge is 2.20. The lowest BCUT2D eigenvalue weighted by molar-refractivity contribution is -0.114. The number of cyclic esters (lactones) is 1. The van der Waals surface area contributed by atoms with Crippen LogP contribution in [0.3, 0.4) is 0 Å². The molecule has 0 aliphatic carbocycles. The van der Waals surface area contributed by atoms with E-state index >= 15 is 0 Å². The van der Waals surface area contributed by atoms with Gasteiger partial charge in [0.15, 0.2) is 0 Å². The Labute approximate surface area is 111 Å². The first-order valence-electron chi connectivity index (χ1n) is 5.46. The fourth-order valence-electron chi connectivity index (χ4n) is 1.78. The number of nitrogens with one attached hydrogen (secondary N) is 2. The molecule has 98 valence electrons. The van der Waals surface area contributed by atoms with Gasteiger partial charge in [0.05, 0.1) is 12.6 Å². The Hall–Kier alpha value is -1.75. The van der Waals surface area contributed by atoms with Gasteiger partial charge in [-0.3, -0.25) is 4.79 Å². The monoisotopic (exact) mass is 270 g/mol. The maximum absolute atomic E-state index is 11.1. The molecule has 0 saturated carbocycles. The van der Waals surface area contributed by atoms with E-state index in [0.717, 1.165) is 17.7 Å². The van der Waals surface area contributed by atoms with Gasteiger partial charge < -0.3 is 15.4 Å². The van der Waals surface area contributed by atoms with Crippen molar-refractivity contribution in [2.75, 3.05) is 11.9 Å². The summed E-state index contributed by atoms with van der Waals surface area (Å²) in [5, 5.41) is 5.44. The zero-order valence-corrected chi connectivity index (χ0v) is 10.8. The third-order valence-corrected chi connectivity index (χ3v) is 2.57. The minimum absolute atomic E-state index is 0. The molecule has 0 radical (unpaired) electrons. The van der Waals surface area contributed by atoms with Crippen molar-refractivity contribution in [2.24, 2.45) is 0 Å². The van der Waals surface area contributed by atoms with Gasteiger partial charge >= 0.3 is 6.09 Å². The average molecular weight is 271 g/mol. The molecule has 1 fully saturated rings. The number of anilines is 1. The quantitative estimate of drug-likeness (QED) is 0.866. The van der Waals surface area contributed by atoms with Crippen molar-refractivity contribution >= 4 is 30.1 Å². The summed E-state index contributed by atoms with van der Waals surface area (Å²) in [5.74, 6) is -0.0999. The molecule has 1 aromatic rings. The lowest BCUT2D eigenvalue weighted by Gasteiger charge is -2.23. The number of carbonyl (C=O) groups is 2. The fraction of sp³-hybridized carbons (Fsp3) is 0.333. The van der Waals surface area contributed by atoms with Crippen molar-refractivity contribution in [3.63, 3.8) is 0 Å². The highest BCUT2D eigenvalue weighted by atomic mass is 35.5. The van der Waals surface area contributed by atoms with Gasteiger partial charge in [0.25, 0.3) is 0 Å². The van der Waals surface area contributed by atoms with E-state index < -0.39 is 0 Å². The minimum Gasteiger partial charge on any atom is -0.449 e. The number of hydrogen-bond acceptors (Lipinski definition) is 3. The van der Waals surface area contributed by atoms with Crippen LogP contribution < -0.4 is 10.6 Å². The van der Waals surface area contributed by atoms with Crippen molar-refractivity contribution in [3.05, 3.63) is 29.8 Å². The van der Waals surface area contributed by atoms with E-state index in [1.165, 1.54) is 6.92 Å². The van der Waals surface area contributed by atoms with Gasteiger partial charge in [-0.1, -0.05) is 12.1 Å². The van der Waals surface area contributed by atoms with Crippen molar-refractivity contribution < 1.29 is 14.3 Å². The second-order valence-electron chi connectivity index (χ2n) is 3.92. The third kappa shape index (κ3) is 3.63. The normalized spacial score (nSPS) is 18.1. The molecule has 6 heteroatoms. The molecule has 2 amide bonds. The Morgan fingerprint density at radius 1 is 1.39 bits per heavy atom. The van der Waals surface area contributed by atoms with Crippen LogP contribution in [-0.4, -0.2) is 18.6 Å². The molecule has 2 N–H and O–H groups in total. The molecule has 2 rings (SSSR count). The molecule has 1 heterocycles. The Morgan fingerprint density at radius 2 is 2.06 bits per heavy atom. The highest BCUT2D eigenvalue weighted by molar-refractivity contribution is 5.88. The summed E-state index contributed by atoms with van der Waals surface area (Å²) in [5.41, 5.74) is 1.76. The molecule has 1 aromatic carbocycles. The van der Waals surface area contributed by atoms with E-state index in [0.29, 0.717) is 6.61 Å². The Morgan fingerprint density at radius 3 is 2.61 bits per heavy atom. The molecule has 0 aromatic heterocycles. The zero-order valence-electron chi connectivity index (χ0n) is 9.93. The molecule has 1 aliphatic rings. The van der Waals surface area contributed by atoms with Crippen LogP contribution >= 0.6 is 12.4 Å². The van der Waals surface area contributed by atoms with Crippen LogP contribution in [-0.2, 0) is 9.53 Å². The summed E-state index contributed by atoms with van der Waals surface area (Å²) in [6.07, 6.45) is 0.373. The van der Waals surface area contributed by atoms with Crippen LogP contribution in [0.25, 0.3) is 0 Å². The molecule has 1 atom stereocenters. The number of amides is 2. The van der Waals surface area contributed by atoms with E-state index in [4.69, 9.17) is 4.74 Å². The number of carbonyl (C=O) groups excluding carboxylic acids is 2. The van der Waals surface area contributed by atoms with Crippen LogP contribution in [0.1, 0.15) is 24.9 Å². The number of ether oxygens (including phenoxy) is 1. The topological polar surface area (TPSA) is 67.4 Å². The molecular weight excluding hydrogens is 256 g/mol. The van der Waals surface area contributed by atoms with E-state index in [2.05, 4.69) is 10.6 Å². The van der Waals surface area contributed by atoms with E-state index in [1.54, 1.807) is 0 Å². The van der Waals surface area contributed by atoms with Crippen molar-refractivity contribution in [2.45, 2.75) is 19.4 Å². The van der Waals surface area contributed by atoms with E-state index in [-0.39, 0.29) is 30.4 Å². The standard InChI is InChI=1S/C12H14N2O3.ClH/c1-8(15)13-10-4-2-9(3-5-10)11-6-7-17-12(16)14-11;/h2-5,11H,6-7H2,1H3,(H,13,15)(H,14,16);1H/t11-;/m1./s1. The summed E-state index contributed by atoms with van der Waals surface area (Å²) in [6, 6.07) is 7.40. The first-order chi connectivity index (χ1) is 8.15. The maximum atomic E-state index is 11.1. The average Bonchev–Trinajstić information content (AvgIpc) is 2.29. The van der Waals surface area contributed by atoms with Crippen molar-refractivity contribution in [1.82, 2.24) is 5.32 Å². The lowest BCUT2D eigenvalue weighted by Crippen LogP contribution is -2.35. The second kappa shape index (κ2) is 6.26. The number of halogens is 1. The molecular formula is C12H15ClN2O3. The van der Waals surface area contributed by atoms with Gasteiger partial charge in [-0.05, 0) is 17.7 Å². The Bertz CT molecular complexity index is 433. The SMILES string of the molecule is CC(=O)Nc1ccc([C@H]2CCOC(=O)N2)cc1.Cl. The number of hydrogen-bond donors (Lipinski definition) is 2. The van der Waals surface area contributed by atoms with E-state index in [9.17, 15) is 9.59 Å². The van der Waals surface area contributed by atoms with Gasteiger partial charge in [0.1, 0.15) is 0 Å². The van der Waals surface area contributed by atoms with Gasteiger partial charge in [0.2, 0.25) is 5.91 Å². The molecule has 1 saturated heterocycles. The predicted octanol–water partition coefficient (Wildman–Crippen LogP) is 2.24. The minimum atomic E-state index is -0.382. The molecule has 0 spiro atoms. The largest absolute Gasteiger partial charge is 0.449 e. The van der Waals surface area contributed by atoms with Crippen molar-refractivity contribution in [3.8, 4) is 0 Å². The van der Waals surface area contributed by atoms with Crippen LogP contribution in [0, 0.1) is 0 Å². The zero-order chi connectivity index (χ0) is 12.3. The summed E-state index contributed by atoms with van der Waals surface area (Å²) < 4.78 is 4.80. The van der Waals surface area contributed by atoms with Crippen LogP contribution in [0.5, 0.6) is 0 Å². The van der Waals surface area contributed by atoms with Crippen LogP contribution in [0.4, 0.5) is 10.5 Å². The first-order valence-corrected chi connectivity index (χ1v) is 5.46. The van der Waals surface area contributed by atoms with E-state index in [1.807, 2.05) is 24.3 Å². The Kier molecular flexibility index (Phi) is 4.97. The molecule has 1 aliphatic heterocycles. The van der Waals surface area contributed by atoms with Gasteiger partial charge in [-0.15, -0.1) is 12.4 Å². The summed E-state index contributed by atoms with van der Waals surface area (Å²) in [4.78, 5) is 21.9. The molecule has 18 heavy (non-hydrogen) atoms. The van der Waals surface area contributed by atoms with Crippen LogP contribution in [0.2, 0.25) is 0 Å². The maximum Gasteiger partial charge on any atom is 0.407 e. The van der Waals surface area contributed by atoms with Gasteiger partial charge in [0, 0.05) is 19.0 Å². The van der Waals surface area contributed by atoms with Gasteiger partial charge in [-0.25, -0.2) is 4.79 Å². The Balaban J connectivity index is 0.00000162. The second-order valence-corrected chi connectivity index (χ2v) is 3.92.